The molecule has 2 aliphatic heterocycles. The van der Waals surface area contributed by atoms with Gasteiger partial charge in [-0.25, -0.2) is 13.8 Å². The van der Waals surface area contributed by atoms with Crippen LogP contribution in [0.5, 0.6) is 0 Å². The average Bonchev–Trinajstić information content (AvgIpc) is 3.93. The van der Waals surface area contributed by atoms with Crippen molar-refractivity contribution in [2.75, 3.05) is 23.7 Å². The van der Waals surface area contributed by atoms with Gasteiger partial charge in [-0.05, 0) is 73.2 Å². The van der Waals surface area contributed by atoms with Crippen molar-refractivity contribution in [3.8, 4) is 0 Å². The second-order valence-electron chi connectivity index (χ2n) is 13.9. The number of nitrogens with zero attached hydrogens (tertiary/aromatic N) is 4. The molecule has 280 valence electrons. The number of hydrogen-bond donors (Lipinski definition) is 2. The van der Waals surface area contributed by atoms with Gasteiger partial charge in [0.05, 0.1) is 6.20 Å². The Labute approximate surface area is 320 Å². The van der Waals surface area contributed by atoms with Gasteiger partial charge in [0.1, 0.15) is 35.1 Å². The van der Waals surface area contributed by atoms with Crippen molar-refractivity contribution in [2.45, 2.75) is 37.8 Å². The number of likely N-dealkylation sites (tertiary alicyclic amines) is 2. The van der Waals surface area contributed by atoms with Crippen LogP contribution in [0.25, 0.3) is 33.7 Å². The molecule has 10 nitrogen and oxygen atoms in total. The molecule has 2 saturated heterocycles. The second kappa shape index (κ2) is 15.5. The first-order chi connectivity index (χ1) is 27.2. The van der Waals surface area contributed by atoms with Crippen molar-refractivity contribution in [3.63, 3.8) is 0 Å². The molecule has 0 radical (unpaired) electrons. The standard InChI is InChI=1S/C44H36F2N6O4/c45-35-9-3-8-34-32(35)22-23-47-39(34)43(55)51-24-4-10-37(51)41(53)49-29-18-14-27(15-19-29)12-13-28-16-20-30(21-17-28)50-42(54)38-11-5-25-52(38)44(56)40-33-7-2-1-6-31(33)36(46)26-48-40/h1-3,6-9,12-23,26,37-38H,4-5,10-11,24-25H2,(H,49,53)(H,50,54)/b13-12+/t37-,38-/m0/s1. The topological polar surface area (TPSA) is 125 Å². The molecule has 0 bridgehead atoms. The van der Waals surface area contributed by atoms with E-state index in [1.165, 1.54) is 34.2 Å². The minimum Gasteiger partial charge on any atom is -0.325 e. The zero-order chi connectivity index (χ0) is 38.8. The van der Waals surface area contributed by atoms with E-state index in [1.54, 1.807) is 54.6 Å². The van der Waals surface area contributed by atoms with Crippen LogP contribution in [0.3, 0.4) is 0 Å². The molecule has 0 unspecified atom stereocenters. The van der Waals surface area contributed by atoms with Crippen molar-refractivity contribution in [2.24, 2.45) is 0 Å². The average molecular weight is 751 g/mol. The third-order valence-corrected chi connectivity index (χ3v) is 10.4. The number of anilines is 2. The van der Waals surface area contributed by atoms with Crippen molar-refractivity contribution in [1.29, 1.82) is 0 Å². The van der Waals surface area contributed by atoms with Crippen molar-refractivity contribution in [1.82, 2.24) is 19.8 Å². The number of benzene rings is 4. The lowest BCUT2D eigenvalue weighted by molar-refractivity contribution is -0.120. The number of carbonyl (C=O) groups excluding carboxylic acids is 4. The summed E-state index contributed by atoms with van der Waals surface area (Å²) < 4.78 is 28.7. The molecule has 12 heteroatoms. The lowest BCUT2D eigenvalue weighted by atomic mass is 10.1. The molecule has 6 aromatic rings. The van der Waals surface area contributed by atoms with Crippen LogP contribution in [0, 0.1) is 11.6 Å². The summed E-state index contributed by atoms with van der Waals surface area (Å²) >= 11 is 0. The Morgan fingerprint density at radius 1 is 0.571 bits per heavy atom. The Morgan fingerprint density at radius 3 is 1.61 bits per heavy atom. The Balaban J connectivity index is 0.862. The van der Waals surface area contributed by atoms with Crippen LogP contribution in [-0.2, 0) is 9.59 Å². The highest BCUT2D eigenvalue weighted by Crippen LogP contribution is 2.28. The lowest BCUT2D eigenvalue weighted by Crippen LogP contribution is -2.43. The number of pyridine rings is 2. The molecule has 56 heavy (non-hydrogen) atoms. The van der Waals surface area contributed by atoms with Gasteiger partial charge < -0.3 is 20.4 Å². The second-order valence-corrected chi connectivity index (χ2v) is 13.9. The SMILES string of the molecule is O=C(Nc1ccc(/C=C/c2ccc(NC(=O)[C@@H]3CCCN3C(=O)c3ncc(F)c4ccccc34)cc2)cc1)[C@@H]1CCCN1C(=O)c1nccc2c(F)cccc12. The first-order valence-corrected chi connectivity index (χ1v) is 18.4. The van der Waals surface area contributed by atoms with E-state index in [4.69, 9.17) is 0 Å². The van der Waals surface area contributed by atoms with E-state index in [0.29, 0.717) is 71.7 Å². The minimum absolute atomic E-state index is 0.122. The summed E-state index contributed by atoms with van der Waals surface area (Å²) in [5, 5.41) is 7.28. The number of carbonyl (C=O) groups is 4. The van der Waals surface area contributed by atoms with Gasteiger partial charge in [-0.2, -0.15) is 0 Å². The molecule has 2 fully saturated rings. The number of aromatic nitrogens is 2. The normalized spacial score (nSPS) is 16.8. The molecule has 2 aliphatic rings. The summed E-state index contributed by atoms with van der Waals surface area (Å²) in [5.74, 6) is -2.36. The van der Waals surface area contributed by atoms with Gasteiger partial charge in [0.25, 0.3) is 11.8 Å². The number of halogens is 2. The van der Waals surface area contributed by atoms with Gasteiger partial charge in [-0.15, -0.1) is 0 Å². The third-order valence-electron chi connectivity index (χ3n) is 10.4. The van der Waals surface area contributed by atoms with Crippen molar-refractivity contribution >= 4 is 68.7 Å². The van der Waals surface area contributed by atoms with E-state index in [-0.39, 0.29) is 23.2 Å². The van der Waals surface area contributed by atoms with Crippen LogP contribution in [0.4, 0.5) is 20.2 Å². The highest BCUT2D eigenvalue weighted by molar-refractivity contribution is 6.09. The Kier molecular flexibility index (Phi) is 10.0. The number of nitrogens with one attached hydrogen (secondary N) is 2. The summed E-state index contributed by atoms with van der Waals surface area (Å²) in [4.78, 5) is 65.1. The molecule has 0 aliphatic carbocycles. The van der Waals surface area contributed by atoms with Gasteiger partial charge in [0, 0.05) is 52.2 Å². The minimum atomic E-state index is -0.681. The largest absolute Gasteiger partial charge is 0.325 e. The number of fused-ring (bicyclic) bond motifs is 2. The predicted molar refractivity (Wildman–Crippen MR) is 211 cm³/mol. The third kappa shape index (κ3) is 7.20. The Bertz CT molecular complexity index is 2400. The molecule has 2 aromatic heterocycles. The molecule has 4 aromatic carbocycles. The number of hydrogen-bond acceptors (Lipinski definition) is 6. The maximum Gasteiger partial charge on any atom is 0.273 e. The molecule has 8 rings (SSSR count). The predicted octanol–water partition coefficient (Wildman–Crippen LogP) is 7.72. The fourth-order valence-corrected chi connectivity index (χ4v) is 7.50. The molecular formula is C44H36F2N6O4. The van der Waals surface area contributed by atoms with Crippen molar-refractivity contribution < 1.29 is 28.0 Å². The van der Waals surface area contributed by atoms with E-state index in [0.717, 1.165) is 17.3 Å². The lowest BCUT2D eigenvalue weighted by Gasteiger charge is -2.24. The van der Waals surface area contributed by atoms with E-state index in [9.17, 15) is 28.0 Å². The van der Waals surface area contributed by atoms with Crippen LogP contribution in [-0.4, -0.2) is 68.6 Å². The smallest absolute Gasteiger partial charge is 0.273 e. The molecule has 4 amide bonds. The summed E-state index contributed by atoms with van der Waals surface area (Å²) in [6, 6.07) is 26.0. The summed E-state index contributed by atoms with van der Waals surface area (Å²) in [5.41, 5.74) is 3.20. The Hall–Kier alpha value is -6.82. The van der Waals surface area contributed by atoms with Crippen molar-refractivity contribution in [3.05, 3.63) is 144 Å². The van der Waals surface area contributed by atoms with E-state index < -0.39 is 35.5 Å². The fraction of sp³-hybridized carbons (Fsp3) is 0.182. The van der Waals surface area contributed by atoms with E-state index in [1.807, 2.05) is 36.4 Å². The van der Waals surface area contributed by atoms with Crippen LogP contribution in [0.2, 0.25) is 0 Å². The number of amides is 4. The molecule has 4 heterocycles. The highest BCUT2D eigenvalue weighted by atomic mass is 19.1. The summed E-state index contributed by atoms with van der Waals surface area (Å²) in [7, 11) is 0. The maximum atomic E-state index is 14.4. The summed E-state index contributed by atoms with van der Waals surface area (Å²) in [6.45, 7) is 0.798. The van der Waals surface area contributed by atoms with Crippen LogP contribution >= 0.6 is 0 Å². The molecular weight excluding hydrogens is 715 g/mol. The first kappa shape index (κ1) is 36.2. The molecule has 0 saturated carbocycles. The van der Waals surface area contributed by atoms with Gasteiger partial charge >= 0.3 is 0 Å². The number of rotatable bonds is 8. The molecule has 2 atom stereocenters. The van der Waals surface area contributed by atoms with Gasteiger partial charge in [-0.3, -0.25) is 24.2 Å². The van der Waals surface area contributed by atoms with Crippen LogP contribution < -0.4 is 10.6 Å². The van der Waals surface area contributed by atoms with Gasteiger partial charge in [0.15, 0.2) is 0 Å². The quantitative estimate of drug-likeness (QED) is 0.154. The zero-order valence-corrected chi connectivity index (χ0v) is 30.1. The fourth-order valence-electron chi connectivity index (χ4n) is 7.50. The van der Waals surface area contributed by atoms with Gasteiger partial charge in [-0.1, -0.05) is 72.8 Å². The summed E-state index contributed by atoms with van der Waals surface area (Å²) in [6.07, 6.45) is 8.63. The van der Waals surface area contributed by atoms with E-state index >= 15 is 0 Å². The molecule has 0 spiro atoms. The van der Waals surface area contributed by atoms with E-state index in [2.05, 4.69) is 20.6 Å². The zero-order valence-electron chi connectivity index (χ0n) is 30.1. The Morgan fingerprint density at radius 2 is 1.05 bits per heavy atom. The van der Waals surface area contributed by atoms with Gasteiger partial charge in [0.2, 0.25) is 11.8 Å². The first-order valence-electron chi connectivity index (χ1n) is 18.4. The van der Waals surface area contributed by atoms with Crippen LogP contribution in [0.1, 0.15) is 57.8 Å². The monoisotopic (exact) mass is 750 g/mol. The van der Waals surface area contributed by atoms with Crippen LogP contribution in [0.15, 0.2) is 109 Å². The maximum absolute atomic E-state index is 14.4. The highest BCUT2D eigenvalue weighted by Gasteiger charge is 2.37. The molecule has 2 N–H and O–H groups in total.